The lowest BCUT2D eigenvalue weighted by Crippen LogP contribution is -2.30. The highest BCUT2D eigenvalue weighted by Gasteiger charge is 2.08. The van der Waals surface area contributed by atoms with Crippen LogP contribution < -0.4 is 10.6 Å². The van der Waals surface area contributed by atoms with Gasteiger partial charge in [0.15, 0.2) is 0 Å². The molecule has 0 fully saturated rings. The molecule has 2 N–H and O–H groups in total. The van der Waals surface area contributed by atoms with Gasteiger partial charge in [-0.1, -0.05) is 23.7 Å². The van der Waals surface area contributed by atoms with Gasteiger partial charge in [0.2, 0.25) is 5.91 Å². The lowest BCUT2D eigenvalue weighted by molar-refractivity contribution is -0.115. The van der Waals surface area contributed by atoms with E-state index in [1.807, 2.05) is 19.1 Å². The number of anilines is 1. The number of nitrogens with zero attached hydrogens (tertiary/aromatic N) is 1. The SMILES string of the molecule is C[C@@H](NCC(=O)Nc1cccc(Cl)c1)c1cccnc1. The van der Waals surface area contributed by atoms with Crippen LogP contribution >= 0.6 is 11.6 Å². The number of rotatable bonds is 5. The van der Waals surface area contributed by atoms with Gasteiger partial charge in [-0.2, -0.15) is 0 Å². The maximum Gasteiger partial charge on any atom is 0.238 e. The molecule has 0 unspecified atom stereocenters. The average Bonchev–Trinajstić information content (AvgIpc) is 2.46. The third kappa shape index (κ3) is 4.33. The number of aromatic nitrogens is 1. The summed E-state index contributed by atoms with van der Waals surface area (Å²) < 4.78 is 0. The zero-order chi connectivity index (χ0) is 14.4. The maximum atomic E-state index is 11.8. The van der Waals surface area contributed by atoms with E-state index in [0.717, 1.165) is 5.56 Å². The van der Waals surface area contributed by atoms with Crippen molar-refractivity contribution in [2.45, 2.75) is 13.0 Å². The molecule has 1 amide bonds. The molecular formula is C15H16ClN3O. The van der Waals surface area contributed by atoms with Gasteiger partial charge in [-0.05, 0) is 36.8 Å². The first-order chi connectivity index (χ1) is 9.65. The second-order valence-electron chi connectivity index (χ2n) is 4.45. The minimum absolute atomic E-state index is 0.0637. The number of pyridine rings is 1. The monoisotopic (exact) mass is 289 g/mol. The molecule has 1 aromatic carbocycles. The van der Waals surface area contributed by atoms with Gasteiger partial charge in [0.25, 0.3) is 0 Å². The van der Waals surface area contributed by atoms with Gasteiger partial charge < -0.3 is 10.6 Å². The van der Waals surface area contributed by atoms with Gasteiger partial charge in [-0.25, -0.2) is 0 Å². The van der Waals surface area contributed by atoms with Crippen molar-refractivity contribution >= 4 is 23.2 Å². The number of hydrogen-bond donors (Lipinski definition) is 2. The molecule has 0 aliphatic carbocycles. The van der Waals surface area contributed by atoms with E-state index < -0.39 is 0 Å². The van der Waals surface area contributed by atoms with Crippen molar-refractivity contribution in [3.8, 4) is 0 Å². The first kappa shape index (κ1) is 14.5. The summed E-state index contributed by atoms with van der Waals surface area (Å²) in [4.78, 5) is 15.9. The summed E-state index contributed by atoms with van der Waals surface area (Å²) in [5.41, 5.74) is 1.74. The summed E-state index contributed by atoms with van der Waals surface area (Å²) in [6.45, 7) is 2.21. The van der Waals surface area contributed by atoms with Crippen LogP contribution in [-0.2, 0) is 4.79 Å². The minimum Gasteiger partial charge on any atom is -0.325 e. The molecule has 1 atom stereocenters. The molecule has 0 aliphatic heterocycles. The number of hydrogen-bond acceptors (Lipinski definition) is 3. The molecule has 1 aromatic heterocycles. The highest BCUT2D eigenvalue weighted by atomic mass is 35.5. The Bertz CT molecular complexity index is 574. The standard InChI is InChI=1S/C15H16ClN3O/c1-11(12-4-3-7-17-9-12)18-10-15(20)19-14-6-2-5-13(16)8-14/h2-9,11,18H,10H2,1H3,(H,19,20)/t11-/m1/s1. The van der Waals surface area contributed by atoms with Crippen molar-refractivity contribution in [1.29, 1.82) is 0 Å². The number of benzene rings is 1. The molecule has 104 valence electrons. The highest BCUT2D eigenvalue weighted by molar-refractivity contribution is 6.30. The Kier molecular flexibility index (Phi) is 5.09. The third-order valence-corrected chi connectivity index (χ3v) is 3.10. The van der Waals surface area contributed by atoms with Crippen LogP contribution in [0.3, 0.4) is 0 Å². The number of nitrogens with one attached hydrogen (secondary N) is 2. The lowest BCUT2D eigenvalue weighted by atomic mass is 10.1. The molecule has 2 rings (SSSR count). The normalized spacial score (nSPS) is 11.9. The number of carbonyl (C=O) groups is 1. The van der Waals surface area contributed by atoms with Crippen molar-refractivity contribution in [3.63, 3.8) is 0 Å². The molecule has 1 heterocycles. The first-order valence-electron chi connectivity index (χ1n) is 6.34. The van der Waals surface area contributed by atoms with E-state index in [9.17, 15) is 4.79 Å². The summed E-state index contributed by atoms with van der Waals surface area (Å²) in [6.07, 6.45) is 3.51. The van der Waals surface area contributed by atoms with Gasteiger partial charge in [-0.15, -0.1) is 0 Å². The topological polar surface area (TPSA) is 54.0 Å². The van der Waals surface area contributed by atoms with Crippen molar-refractivity contribution in [2.24, 2.45) is 0 Å². The second kappa shape index (κ2) is 7.03. The largest absolute Gasteiger partial charge is 0.325 e. The fourth-order valence-corrected chi connectivity index (χ4v) is 1.96. The van der Waals surface area contributed by atoms with E-state index in [-0.39, 0.29) is 18.5 Å². The van der Waals surface area contributed by atoms with Crippen LogP contribution in [0, 0.1) is 0 Å². The Morgan fingerprint density at radius 1 is 1.35 bits per heavy atom. The van der Waals surface area contributed by atoms with Crippen LogP contribution in [0.5, 0.6) is 0 Å². The molecule has 0 saturated carbocycles. The predicted octanol–water partition coefficient (Wildman–Crippen LogP) is 3.02. The van der Waals surface area contributed by atoms with E-state index in [1.165, 1.54) is 0 Å². The molecule has 0 bridgehead atoms. The Morgan fingerprint density at radius 3 is 2.90 bits per heavy atom. The van der Waals surface area contributed by atoms with Gasteiger partial charge >= 0.3 is 0 Å². The Morgan fingerprint density at radius 2 is 2.20 bits per heavy atom. The molecule has 0 saturated heterocycles. The average molecular weight is 290 g/mol. The summed E-state index contributed by atoms with van der Waals surface area (Å²) in [5.74, 6) is -0.108. The van der Waals surface area contributed by atoms with Gasteiger partial charge in [0, 0.05) is 29.1 Å². The lowest BCUT2D eigenvalue weighted by Gasteiger charge is -2.13. The number of halogens is 1. The summed E-state index contributed by atoms with van der Waals surface area (Å²) in [6, 6.07) is 11.0. The molecule has 20 heavy (non-hydrogen) atoms. The first-order valence-corrected chi connectivity index (χ1v) is 6.71. The highest BCUT2D eigenvalue weighted by Crippen LogP contribution is 2.14. The number of amides is 1. The van der Waals surface area contributed by atoms with E-state index in [4.69, 9.17) is 11.6 Å². The zero-order valence-corrected chi connectivity index (χ0v) is 11.9. The van der Waals surface area contributed by atoms with Crippen LogP contribution in [0.25, 0.3) is 0 Å². The Hall–Kier alpha value is -1.91. The Balaban J connectivity index is 1.83. The second-order valence-corrected chi connectivity index (χ2v) is 4.88. The summed E-state index contributed by atoms with van der Waals surface area (Å²) >= 11 is 5.86. The zero-order valence-electron chi connectivity index (χ0n) is 11.1. The molecule has 0 radical (unpaired) electrons. The van der Waals surface area contributed by atoms with Gasteiger partial charge in [-0.3, -0.25) is 9.78 Å². The van der Waals surface area contributed by atoms with Crippen LogP contribution in [0.1, 0.15) is 18.5 Å². The van der Waals surface area contributed by atoms with Gasteiger partial charge in [0.1, 0.15) is 0 Å². The van der Waals surface area contributed by atoms with Crippen molar-refractivity contribution in [2.75, 3.05) is 11.9 Å². The van der Waals surface area contributed by atoms with Crippen LogP contribution in [0.4, 0.5) is 5.69 Å². The van der Waals surface area contributed by atoms with Crippen LogP contribution in [0.2, 0.25) is 5.02 Å². The Labute approximate surface area is 123 Å². The fourth-order valence-electron chi connectivity index (χ4n) is 1.77. The van der Waals surface area contributed by atoms with Crippen molar-refractivity contribution in [1.82, 2.24) is 10.3 Å². The predicted molar refractivity (Wildman–Crippen MR) is 80.7 cm³/mol. The van der Waals surface area contributed by atoms with Crippen LogP contribution in [0.15, 0.2) is 48.8 Å². The van der Waals surface area contributed by atoms with Crippen molar-refractivity contribution in [3.05, 3.63) is 59.4 Å². The fraction of sp³-hybridized carbons (Fsp3) is 0.200. The van der Waals surface area contributed by atoms with E-state index in [0.29, 0.717) is 10.7 Å². The smallest absolute Gasteiger partial charge is 0.238 e. The molecular weight excluding hydrogens is 274 g/mol. The molecule has 4 nitrogen and oxygen atoms in total. The van der Waals surface area contributed by atoms with Crippen LogP contribution in [-0.4, -0.2) is 17.4 Å². The summed E-state index contributed by atoms with van der Waals surface area (Å²) in [5, 5.41) is 6.53. The molecule has 0 spiro atoms. The minimum atomic E-state index is -0.108. The third-order valence-electron chi connectivity index (χ3n) is 2.86. The number of carbonyl (C=O) groups excluding carboxylic acids is 1. The molecule has 5 heteroatoms. The summed E-state index contributed by atoms with van der Waals surface area (Å²) in [7, 11) is 0. The van der Waals surface area contributed by atoms with E-state index >= 15 is 0 Å². The van der Waals surface area contributed by atoms with E-state index in [2.05, 4.69) is 15.6 Å². The molecule has 0 aliphatic rings. The quantitative estimate of drug-likeness (QED) is 0.889. The van der Waals surface area contributed by atoms with E-state index in [1.54, 1.807) is 36.7 Å². The maximum absolute atomic E-state index is 11.8. The van der Waals surface area contributed by atoms with Crippen molar-refractivity contribution < 1.29 is 4.79 Å². The van der Waals surface area contributed by atoms with Gasteiger partial charge in [0.05, 0.1) is 6.54 Å². The molecule has 2 aromatic rings.